The van der Waals surface area contributed by atoms with Crippen molar-refractivity contribution in [1.82, 2.24) is 14.9 Å². The summed E-state index contributed by atoms with van der Waals surface area (Å²) in [6.07, 6.45) is 1.64. The van der Waals surface area contributed by atoms with Crippen molar-refractivity contribution in [2.45, 2.75) is 25.7 Å². The van der Waals surface area contributed by atoms with Crippen LogP contribution in [0.4, 0.5) is 14.9 Å². The molecule has 1 unspecified atom stereocenters. The number of benzene rings is 1. The summed E-state index contributed by atoms with van der Waals surface area (Å²) in [5, 5.41) is 2.92. The van der Waals surface area contributed by atoms with Crippen molar-refractivity contribution >= 4 is 23.3 Å². The number of hydrogen-bond acceptors (Lipinski definition) is 3. The quantitative estimate of drug-likeness (QED) is 0.858. The van der Waals surface area contributed by atoms with Crippen LogP contribution in [0.5, 0.6) is 0 Å². The number of nitrogens with zero attached hydrogens (tertiary/aromatic N) is 2. The van der Waals surface area contributed by atoms with E-state index in [2.05, 4.69) is 15.3 Å². The van der Waals surface area contributed by atoms with E-state index in [1.54, 1.807) is 11.8 Å². The number of likely N-dealkylation sites (tertiary alicyclic amines) is 1. The number of amides is 2. The second-order valence-corrected chi connectivity index (χ2v) is 6.50. The molecule has 0 aliphatic carbocycles. The van der Waals surface area contributed by atoms with E-state index >= 15 is 0 Å². The molecule has 2 N–H and O–H groups in total. The molecule has 3 rings (SSSR count). The minimum Gasteiger partial charge on any atom is -0.324 e. The van der Waals surface area contributed by atoms with Crippen LogP contribution in [0.15, 0.2) is 29.1 Å². The van der Waals surface area contributed by atoms with E-state index in [0.717, 1.165) is 12.8 Å². The Labute approximate surface area is 149 Å². The molecule has 1 atom stereocenters. The predicted molar refractivity (Wildman–Crippen MR) is 93.6 cm³/mol. The van der Waals surface area contributed by atoms with Crippen molar-refractivity contribution < 1.29 is 9.18 Å². The number of rotatable bonds is 2. The van der Waals surface area contributed by atoms with Crippen LogP contribution in [-0.4, -0.2) is 34.0 Å². The van der Waals surface area contributed by atoms with Gasteiger partial charge in [-0.25, -0.2) is 14.2 Å². The van der Waals surface area contributed by atoms with Gasteiger partial charge in [-0.15, -0.1) is 0 Å². The van der Waals surface area contributed by atoms with Gasteiger partial charge in [-0.05, 0) is 38.0 Å². The molecule has 1 aromatic carbocycles. The number of H-pyrrole nitrogens is 1. The Morgan fingerprint density at radius 1 is 1.44 bits per heavy atom. The molecule has 25 heavy (non-hydrogen) atoms. The monoisotopic (exact) mass is 364 g/mol. The summed E-state index contributed by atoms with van der Waals surface area (Å²) in [4.78, 5) is 32.8. The number of carbonyl (C=O) groups excluding carboxylic acids is 1. The molecule has 1 aliphatic rings. The third-order valence-corrected chi connectivity index (χ3v) is 4.51. The fraction of sp³-hybridized carbons (Fsp3) is 0.353. The van der Waals surface area contributed by atoms with Gasteiger partial charge in [0.05, 0.1) is 16.4 Å². The Kier molecular flexibility index (Phi) is 5.03. The number of halogens is 2. The van der Waals surface area contributed by atoms with Crippen molar-refractivity contribution in [2.75, 3.05) is 18.4 Å². The molecule has 1 fully saturated rings. The molecular weight excluding hydrogens is 347 g/mol. The first-order valence-corrected chi connectivity index (χ1v) is 8.39. The lowest BCUT2D eigenvalue weighted by molar-refractivity contribution is 0.192. The molecule has 2 amide bonds. The summed E-state index contributed by atoms with van der Waals surface area (Å²) in [7, 11) is 0. The summed E-state index contributed by atoms with van der Waals surface area (Å²) in [5.41, 5.74) is 0.720. The van der Waals surface area contributed by atoms with E-state index in [9.17, 15) is 14.0 Å². The van der Waals surface area contributed by atoms with Crippen molar-refractivity contribution in [2.24, 2.45) is 0 Å². The summed E-state index contributed by atoms with van der Waals surface area (Å²) >= 11 is 5.99. The van der Waals surface area contributed by atoms with Gasteiger partial charge in [0, 0.05) is 25.1 Å². The third kappa shape index (κ3) is 4.17. The third-order valence-electron chi connectivity index (χ3n) is 4.18. The van der Waals surface area contributed by atoms with E-state index in [1.807, 2.05) is 0 Å². The lowest BCUT2D eigenvalue weighted by atomic mass is 9.94. The van der Waals surface area contributed by atoms with Crippen molar-refractivity contribution in [3.8, 4) is 0 Å². The van der Waals surface area contributed by atoms with Gasteiger partial charge in [-0.1, -0.05) is 11.6 Å². The molecule has 0 bridgehead atoms. The first-order valence-electron chi connectivity index (χ1n) is 8.01. The number of anilines is 1. The van der Waals surface area contributed by atoms with Crippen molar-refractivity contribution in [3.05, 3.63) is 57.0 Å². The van der Waals surface area contributed by atoms with Gasteiger partial charge in [0.2, 0.25) is 0 Å². The zero-order chi connectivity index (χ0) is 18.0. The maximum absolute atomic E-state index is 13.3. The number of nitrogens with one attached hydrogen (secondary N) is 2. The molecule has 6 nitrogen and oxygen atoms in total. The number of urea groups is 1. The Bertz CT molecular complexity index is 855. The van der Waals surface area contributed by atoms with E-state index in [-0.39, 0.29) is 28.2 Å². The largest absolute Gasteiger partial charge is 0.324 e. The van der Waals surface area contributed by atoms with Crippen LogP contribution in [0.25, 0.3) is 0 Å². The Balaban J connectivity index is 1.73. The number of piperidine rings is 1. The van der Waals surface area contributed by atoms with Gasteiger partial charge < -0.3 is 15.2 Å². The standard InChI is InChI=1S/C17H18ClFN4O2/c1-10-20-14(8-16(24)21-10)11-3-2-6-23(9-11)17(25)22-15-7-12(19)4-5-13(15)18/h4-5,7-8,11H,2-3,6,9H2,1H3,(H,22,25)(H,20,21,24). The van der Waals surface area contributed by atoms with Gasteiger partial charge in [0.1, 0.15) is 11.6 Å². The minimum atomic E-state index is -0.473. The van der Waals surface area contributed by atoms with Gasteiger partial charge in [-0.2, -0.15) is 0 Å². The first-order chi connectivity index (χ1) is 11.9. The highest BCUT2D eigenvalue weighted by molar-refractivity contribution is 6.33. The fourth-order valence-corrected chi connectivity index (χ4v) is 3.17. The van der Waals surface area contributed by atoms with Gasteiger partial charge in [0.25, 0.3) is 5.56 Å². The normalized spacial score (nSPS) is 17.4. The number of carbonyl (C=O) groups is 1. The number of hydrogen-bond donors (Lipinski definition) is 2. The summed E-state index contributed by atoms with van der Waals surface area (Å²) in [5.74, 6) is 0.0681. The highest BCUT2D eigenvalue weighted by Crippen LogP contribution is 2.27. The number of aromatic amines is 1. The van der Waals surface area contributed by atoms with Crippen molar-refractivity contribution in [1.29, 1.82) is 0 Å². The highest BCUT2D eigenvalue weighted by atomic mass is 35.5. The Morgan fingerprint density at radius 2 is 2.24 bits per heavy atom. The number of aryl methyl sites for hydroxylation is 1. The smallest absolute Gasteiger partial charge is 0.321 e. The average molecular weight is 365 g/mol. The molecule has 1 saturated heterocycles. The molecular formula is C17H18ClFN4O2. The zero-order valence-corrected chi connectivity index (χ0v) is 14.4. The molecule has 0 saturated carbocycles. The maximum atomic E-state index is 13.3. The molecule has 132 valence electrons. The molecule has 2 heterocycles. The zero-order valence-electron chi connectivity index (χ0n) is 13.7. The van der Waals surface area contributed by atoms with Crippen LogP contribution in [0.2, 0.25) is 5.02 Å². The highest BCUT2D eigenvalue weighted by Gasteiger charge is 2.26. The van der Waals surface area contributed by atoms with E-state index in [4.69, 9.17) is 11.6 Å². The lowest BCUT2D eigenvalue weighted by Crippen LogP contribution is -2.42. The van der Waals surface area contributed by atoms with Crippen LogP contribution in [0, 0.1) is 12.7 Å². The molecule has 2 aromatic rings. The Morgan fingerprint density at radius 3 is 3.00 bits per heavy atom. The molecule has 0 spiro atoms. The SMILES string of the molecule is Cc1nc(C2CCCN(C(=O)Nc3cc(F)ccc3Cl)C2)cc(=O)[nH]1. The van der Waals surface area contributed by atoms with Gasteiger partial charge in [0.15, 0.2) is 0 Å². The van der Waals surface area contributed by atoms with E-state index in [0.29, 0.717) is 24.6 Å². The summed E-state index contributed by atoms with van der Waals surface area (Å²) in [6.45, 7) is 2.75. The van der Waals surface area contributed by atoms with Gasteiger partial charge in [-0.3, -0.25) is 4.79 Å². The summed E-state index contributed by atoms with van der Waals surface area (Å²) < 4.78 is 13.3. The van der Waals surface area contributed by atoms with Crippen LogP contribution >= 0.6 is 11.6 Å². The minimum absolute atomic E-state index is 0.0107. The number of aromatic nitrogens is 2. The van der Waals surface area contributed by atoms with E-state index in [1.165, 1.54) is 24.3 Å². The van der Waals surface area contributed by atoms with Crippen LogP contribution in [-0.2, 0) is 0 Å². The first kappa shape index (κ1) is 17.4. The van der Waals surface area contributed by atoms with Crippen LogP contribution in [0.3, 0.4) is 0 Å². The molecule has 8 heteroatoms. The van der Waals surface area contributed by atoms with Crippen LogP contribution in [0.1, 0.15) is 30.3 Å². The molecule has 1 aromatic heterocycles. The van der Waals surface area contributed by atoms with Gasteiger partial charge >= 0.3 is 6.03 Å². The second kappa shape index (κ2) is 7.23. The molecule has 0 radical (unpaired) electrons. The topological polar surface area (TPSA) is 78.1 Å². The Hall–Kier alpha value is -2.41. The second-order valence-electron chi connectivity index (χ2n) is 6.10. The average Bonchev–Trinajstić information content (AvgIpc) is 2.57. The fourth-order valence-electron chi connectivity index (χ4n) is 3.00. The van der Waals surface area contributed by atoms with Crippen LogP contribution < -0.4 is 10.9 Å². The maximum Gasteiger partial charge on any atom is 0.321 e. The predicted octanol–water partition coefficient (Wildman–Crippen LogP) is 3.28. The summed E-state index contributed by atoms with van der Waals surface area (Å²) in [6, 6.07) is 4.94. The lowest BCUT2D eigenvalue weighted by Gasteiger charge is -2.32. The van der Waals surface area contributed by atoms with Crippen molar-refractivity contribution in [3.63, 3.8) is 0 Å². The van der Waals surface area contributed by atoms with E-state index < -0.39 is 5.82 Å². The molecule has 1 aliphatic heterocycles.